The number of nitrogens with zero attached hydrogens (tertiary/aromatic N) is 2. The van der Waals surface area contributed by atoms with Crippen molar-refractivity contribution in [2.24, 2.45) is 0 Å². The molecule has 0 spiro atoms. The molecule has 1 aliphatic rings. The Balaban J connectivity index is 2.18. The zero-order valence-electron chi connectivity index (χ0n) is 8.13. The number of hydrogen-bond acceptors (Lipinski definition) is 1. The molecule has 0 N–H and O–H groups in total. The zero-order chi connectivity index (χ0) is 10.7. The van der Waals surface area contributed by atoms with Gasteiger partial charge < -0.3 is 5.53 Å². The number of fused-ring (bicyclic) bond motifs is 1. The topological polar surface area (TPSA) is 53.5 Å². The third-order valence-corrected chi connectivity index (χ3v) is 2.53. The molecule has 1 aromatic rings. The maximum Gasteiger partial charge on any atom is 0.323 e. The molecule has 0 saturated heterocycles. The molecule has 1 atom stereocenters. The van der Waals surface area contributed by atoms with Crippen LogP contribution in [0.1, 0.15) is 23.5 Å². The summed E-state index contributed by atoms with van der Waals surface area (Å²) in [5.74, 6) is -0.0458. The van der Waals surface area contributed by atoms with Crippen LogP contribution in [0.5, 0.6) is 0 Å². The van der Waals surface area contributed by atoms with E-state index in [1.54, 1.807) is 0 Å². The van der Waals surface area contributed by atoms with E-state index in [0.717, 1.165) is 17.3 Å². The van der Waals surface area contributed by atoms with Gasteiger partial charge in [-0.25, -0.2) is 0 Å². The zero-order valence-corrected chi connectivity index (χ0v) is 8.13. The van der Waals surface area contributed by atoms with Gasteiger partial charge in [0.2, 0.25) is 5.78 Å². The second-order valence-electron chi connectivity index (χ2n) is 3.51. The van der Waals surface area contributed by atoms with Crippen LogP contribution in [0.3, 0.4) is 0 Å². The Bertz CT molecular complexity index is 470. The monoisotopic (exact) mass is 198 g/mol. The number of rotatable bonds is 3. The number of carbonyl (C=O) groups excluding carboxylic acids is 1. The van der Waals surface area contributed by atoms with Gasteiger partial charge in [-0.1, -0.05) is 36.4 Å². The highest BCUT2D eigenvalue weighted by molar-refractivity contribution is 6.25. The molecule has 2 rings (SSSR count). The van der Waals surface area contributed by atoms with Crippen LogP contribution in [0.15, 0.2) is 30.3 Å². The third-order valence-electron chi connectivity index (χ3n) is 2.53. The number of ketones is 1. The van der Waals surface area contributed by atoms with Gasteiger partial charge >= 0.3 is 6.21 Å². The van der Waals surface area contributed by atoms with Crippen LogP contribution in [-0.2, 0) is 4.79 Å². The van der Waals surface area contributed by atoms with Crippen LogP contribution in [0, 0.1) is 0 Å². The first-order valence-electron chi connectivity index (χ1n) is 4.78. The van der Waals surface area contributed by atoms with Gasteiger partial charge in [-0.3, -0.25) is 4.79 Å². The Morgan fingerprint density at radius 1 is 1.47 bits per heavy atom. The number of Topliss-reactive ketones (excluding diaryl/α,β-unsaturated/α-hetero) is 1. The van der Waals surface area contributed by atoms with E-state index in [1.807, 2.05) is 36.4 Å². The second-order valence-corrected chi connectivity index (χ2v) is 3.51. The first-order chi connectivity index (χ1) is 7.31. The summed E-state index contributed by atoms with van der Waals surface area (Å²) in [6.07, 6.45) is 5.34. The Morgan fingerprint density at radius 3 is 3.07 bits per heavy atom. The van der Waals surface area contributed by atoms with Crippen molar-refractivity contribution in [2.45, 2.75) is 12.3 Å². The molecule has 74 valence electrons. The van der Waals surface area contributed by atoms with Crippen molar-refractivity contribution < 1.29 is 9.58 Å². The molecule has 1 unspecified atom stereocenters. The van der Waals surface area contributed by atoms with E-state index in [9.17, 15) is 4.79 Å². The maximum absolute atomic E-state index is 11.3. The highest BCUT2D eigenvalue weighted by Crippen LogP contribution is 2.31. The van der Waals surface area contributed by atoms with Crippen molar-refractivity contribution in [1.82, 2.24) is 0 Å². The molecule has 1 aliphatic carbocycles. The minimum Gasteiger partial charge on any atom is -0.361 e. The number of allylic oxidation sites excluding steroid dienone is 1. The highest BCUT2D eigenvalue weighted by atomic mass is 16.1. The molecule has 0 radical (unpaired) electrons. The fourth-order valence-electron chi connectivity index (χ4n) is 1.84. The van der Waals surface area contributed by atoms with E-state index in [1.165, 1.54) is 0 Å². The summed E-state index contributed by atoms with van der Waals surface area (Å²) in [6, 6.07) is 7.98. The van der Waals surface area contributed by atoms with E-state index >= 15 is 0 Å². The average molecular weight is 198 g/mol. The van der Waals surface area contributed by atoms with Crippen LogP contribution in [-0.4, -0.2) is 16.8 Å². The Kier molecular flexibility index (Phi) is 2.57. The molecule has 0 bridgehead atoms. The van der Waals surface area contributed by atoms with Crippen LogP contribution in [0.2, 0.25) is 0 Å². The summed E-state index contributed by atoms with van der Waals surface area (Å²) < 4.78 is 0. The van der Waals surface area contributed by atoms with E-state index in [4.69, 9.17) is 5.53 Å². The van der Waals surface area contributed by atoms with E-state index in [0.29, 0.717) is 6.42 Å². The maximum atomic E-state index is 11.3. The minimum atomic E-state index is -0.163. The first-order valence-corrected chi connectivity index (χ1v) is 4.78. The van der Waals surface area contributed by atoms with Gasteiger partial charge in [0.15, 0.2) is 0 Å². The molecule has 15 heavy (non-hydrogen) atoms. The van der Waals surface area contributed by atoms with Gasteiger partial charge in [0.25, 0.3) is 0 Å². The molecule has 0 aromatic heterocycles. The molecular weight excluding hydrogens is 188 g/mol. The van der Waals surface area contributed by atoms with Gasteiger partial charge in [0.1, 0.15) is 0 Å². The minimum absolute atomic E-state index is 0.117. The smallest absolute Gasteiger partial charge is 0.323 e. The van der Waals surface area contributed by atoms with Crippen LogP contribution in [0.4, 0.5) is 0 Å². The van der Waals surface area contributed by atoms with Gasteiger partial charge in [0, 0.05) is 12.3 Å². The Morgan fingerprint density at radius 2 is 2.27 bits per heavy atom. The summed E-state index contributed by atoms with van der Waals surface area (Å²) in [6.45, 7) is 0. The molecule has 1 aromatic carbocycles. The Hall–Kier alpha value is -1.99. The van der Waals surface area contributed by atoms with E-state index in [-0.39, 0.29) is 11.7 Å². The standard InChI is InChI=1S/C12H10N2O/c13-14-8-11(15)7-10-6-5-9-3-1-2-4-12(9)10/h1-6,8,10H,7H2. The number of carbonyl (C=O) groups is 1. The molecule has 3 nitrogen and oxygen atoms in total. The summed E-state index contributed by atoms with van der Waals surface area (Å²) in [4.78, 5) is 14.0. The van der Waals surface area contributed by atoms with Gasteiger partial charge in [-0.15, -0.1) is 0 Å². The lowest BCUT2D eigenvalue weighted by Gasteiger charge is -2.06. The largest absolute Gasteiger partial charge is 0.361 e. The average Bonchev–Trinajstić information content (AvgIpc) is 2.62. The molecule has 0 saturated carbocycles. The SMILES string of the molecule is [N-]=[N+]=CC(=O)CC1C=Cc2ccccc21. The first kappa shape index (κ1) is 9.56. The lowest BCUT2D eigenvalue weighted by atomic mass is 9.96. The summed E-state index contributed by atoms with van der Waals surface area (Å²) in [5.41, 5.74) is 10.6. The quantitative estimate of drug-likeness (QED) is 0.416. The van der Waals surface area contributed by atoms with Crippen molar-refractivity contribution in [3.63, 3.8) is 0 Å². The van der Waals surface area contributed by atoms with Gasteiger partial charge in [-0.2, -0.15) is 4.79 Å². The Labute approximate surface area is 87.7 Å². The molecule has 3 heteroatoms. The lowest BCUT2D eigenvalue weighted by Crippen LogP contribution is -2.05. The number of benzene rings is 1. The normalized spacial score (nSPS) is 16.9. The predicted octanol–water partition coefficient (Wildman–Crippen LogP) is 2.06. The molecule has 0 fully saturated rings. The van der Waals surface area contributed by atoms with Crippen LogP contribution >= 0.6 is 0 Å². The van der Waals surface area contributed by atoms with Gasteiger partial charge in [-0.05, 0) is 11.1 Å². The molecular formula is C12H10N2O. The van der Waals surface area contributed by atoms with Crippen molar-refractivity contribution >= 4 is 18.1 Å². The fraction of sp³-hybridized carbons (Fsp3) is 0.167. The second kappa shape index (κ2) is 4.03. The van der Waals surface area contributed by atoms with E-state index in [2.05, 4.69) is 4.79 Å². The summed E-state index contributed by atoms with van der Waals surface area (Å²) >= 11 is 0. The fourth-order valence-corrected chi connectivity index (χ4v) is 1.84. The third kappa shape index (κ3) is 1.92. The predicted molar refractivity (Wildman–Crippen MR) is 57.5 cm³/mol. The number of hydrogen-bond donors (Lipinski definition) is 0. The van der Waals surface area contributed by atoms with Crippen molar-refractivity contribution in [1.29, 1.82) is 0 Å². The summed E-state index contributed by atoms with van der Waals surface area (Å²) in [7, 11) is 0. The van der Waals surface area contributed by atoms with Crippen molar-refractivity contribution in [3.05, 3.63) is 47.0 Å². The molecule has 0 aliphatic heterocycles. The highest BCUT2D eigenvalue weighted by Gasteiger charge is 2.19. The van der Waals surface area contributed by atoms with E-state index < -0.39 is 0 Å². The molecule has 0 amide bonds. The van der Waals surface area contributed by atoms with Crippen LogP contribution < -0.4 is 0 Å². The summed E-state index contributed by atoms with van der Waals surface area (Å²) in [5, 5.41) is 0. The van der Waals surface area contributed by atoms with Crippen molar-refractivity contribution in [3.8, 4) is 0 Å². The molecule has 0 heterocycles. The lowest BCUT2D eigenvalue weighted by molar-refractivity contribution is -0.116. The van der Waals surface area contributed by atoms with Crippen LogP contribution in [0.25, 0.3) is 11.6 Å². The van der Waals surface area contributed by atoms with Gasteiger partial charge in [0.05, 0.1) is 0 Å². The van der Waals surface area contributed by atoms with Crippen molar-refractivity contribution in [2.75, 3.05) is 0 Å².